The Balaban J connectivity index is 2.00. The minimum atomic E-state index is -0.173. The maximum Gasteiger partial charge on any atom is 0.123 e. The van der Waals surface area contributed by atoms with Crippen LogP contribution in [0.15, 0.2) is 29.8 Å². The smallest absolute Gasteiger partial charge is 0.123 e. The molecule has 1 aromatic rings. The number of benzene rings is 1. The molecule has 19 heavy (non-hydrogen) atoms. The van der Waals surface area contributed by atoms with E-state index in [2.05, 4.69) is 11.5 Å². The Labute approximate surface area is 114 Å². The summed E-state index contributed by atoms with van der Waals surface area (Å²) in [5, 5.41) is 0. The molecule has 0 radical (unpaired) electrons. The van der Waals surface area contributed by atoms with Crippen LogP contribution in [0.4, 0.5) is 4.39 Å². The summed E-state index contributed by atoms with van der Waals surface area (Å²) in [6.07, 6.45) is 9.18. The van der Waals surface area contributed by atoms with Crippen molar-refractivity contribution in [1.29, 1.82) is 0 Å². The van der Waals surface area contributed by atoms with Gasteiger partial charge in [-0.25, -0.2) is 4.39 Å². The van der Waals surface area contributed by atoms with Crippen LogP contribution in [0.3, 0.4) is 0 Å². The fourth-order valence-electron chi connectivity index (χ4n) is 2.75. The highest BCUT2D eigenvalue weighted by Crippen LogP contribution is 2.23. The molecule has 0 bridgehead atoms. The molecular weight excluding hydrogens is 239 g/mol. The predicted octanol–water partition coefficient (Wildman–Crippen LogP) is 3.40. The number of hydrogen-bond acceptors (Lipinski definition) is 2. The number of aryl methyl sites for hydroxylation is 1. The molecule has 3 heteroatoms. The molecule has 1 aliphatic carbocycles. The zero-order valence-corrected chi connectivity index (χ0v) is 11.6. The first kappa shape index (κ1) is 14.2. The van der Waals surface area contributed by atoms with Crippen LogP contribution in [-0.2, 0) is 6.42 Å². The van der Waals surface area contributed by atoms with Gasteiger partial charge in [0.2, 0.25) is 0 Å². The molecule has 1 atom stereocenters. The van der Waals surface area contributed by atoms with Gasteiger partial charge >= 0.3 is 0 Å². The predicted molar refractivity (Wildman–Crippen MR) is 77.1 cm³/mol. The lowest BCUT2D eigenvalue weighted by atomic mass is 9.91. The van der Waals surface area contributed by atoms with Crippen molar-refractivity contribution < 1.29 is 4.39 Å². The van der Waals surface area contributed by atoms with E-state index in [1.54, 1.807) is 6.07 Å². The Bertz CT molecular complexity index is 454. The summed E-state index contributed by atoms with van der Waals surface area (Å²) in [7, 11) is 0. The van der Waals surface area contributed by atoms with Crippen LogP contribution < -0.4 is 11.3 Å². The molecule has 3 N–H and O–H groups in total. The van der Waals surface area contributed by atoms with Gasteiger partial charge in [-0.1, -0.05) is 17.7 Å². The molecular formula is C16H23FN2. The van der Waals surface area contributed by atoms with Crippen LogP contribution in [-0.4, -0.2) is 6.04 Å². The van der Waals surface area contributed by atoms with Gasteiger partial charge in [-0.2, -0.15) is 0 Å². The van der Waals surface area contributed by atoms with Gasteiger partial charge in [-0.05, 0) is 68.7 Å². The molecule has 0 amide bonds. The average molecular weight is 262 g/mol. The number of nitrogens with two attached hydrogens (primary N) is 1. The lowest BCUT2D eigenvalue weighted by Crippen LogP contribution is -2.37. The van der Waals surface area contributed by atoms with Gasteiger partial charge in [0, 0.05) is 6.04 Å². The largest absolute Gasteiger partial charge is 0.271 e. The number of hydrogen-bond donors (Lipinski definition) is 2. The molecule has 2 rings (SSSR count). The monoisotopic (exact) mass is 262 g/mol. The van der Waals surface area contributed by atoms with Crippen LogP contribution in [0.1, 0.15) is 43.2 Å². The molecule has 1 unspecified atom stereocenters. The highest BCUT2D eigenvalue weighted by Gasteiger charge is 2.13. The van der Waals surface area contributed by atoms with E-state index in [-0.39, 0.29) is 11.9 Å². The van der Waals surface area contributed by atoms with Gasteiger partial charge in [0.1, 0.15) is 5.82 Å². The first-order chi connectivity index (χ1) is 9.19. The second kappa shape index (κ2) is 6.83. The summed E-state index contributed by atoms with van der Waals surface area (Å²) < 4.78 is 13.1. The zero-order valence-electron chi connectivity index (χ0n) is 11.6. The normalized spacial score (nSPS) is 17.1. The van der Waals surface area contributed by atoms with E-state index >= 15 is 0 Å². The van der Waals surface area contributed by atoms with Gasteiger partial charge in [-0.3, -0.25) is 11.3 Å². The van der Waals surface area contributed by atoms with Gasteiger partial charge in [0.15, 0.2) is 0 Å². The van der Waals surface area contributed by atoms with E-state index in [9.17, 15) is 4.39 Å². The maximum atomic E-state index is 13.1. The molecule has 0 saturated carbocycles. The number of hydrazine groups is 1. The number of nitrogens with one attached hydrogen (secondary N) is 1. The summed E-state index contributed by atoms with van der Waals surface area (Å²) in [6, 6.07) is 5.21. The van der Waals surface area contributed by atoms with E-state index in [0.717, 1.165) is 18.4 Å². The Morgan fingerprint density at radius 2 is 2.16 bits per heavy atom. The lowest BCUT2D eigenvalue weighted by Gasteiger charge is -2.21. The van der Waals surface area contributed by atoms with Crippen LogP contribution in [0, 0.1) is 12.7 Å². The Kier molecular flexibility index (Phi) is 5.11. The van der Waals surface area contributed by atoms with E-state index in [1.807, 2.05) is 13.0 Å². The van der Waals surface area contributed by atoms with Crippen molar-refractivity contribution in [2.24, 2.45) is 5.84 Å². The lowest BCUT2D eigenvalue weighted by molar-refractivity contribution is 0.503. The van der Waals surface area contributed by atoms with E-state index in [4.69, 9.17) is 5.84 Å². The molecule has 0 saturated heterocycles. The maximum absolute atomic E-state index is 13.1. The summed E-state index contributed by atoms with van der Waals surface area (Å²) in [5.41, 5.74) is 6.58. The second-order valence-corrected chi connectivity index (χ2v) is 5.45. The topological polar surface area (TPSA) is 38.0 Å². The fraction of sp³-hybridized carbons (Fsp3) is 0.500. The van der Waals surface area contributed by atoms with Crippen molar-refractivity contribution in [3.63, 3.8) is 0 Å². The van der Waals surface area contributed by atoms with Crippen LogP contribution in [0.2, 0.25) is 0 Å². The van der Waals surface area contributed by atoms with Crippen molar-refractivity contribution in [3.8, 4) is 0 Å². The Morgan fingerprint density at radius 3 is 2.79 bits per heavy atom. The van der Waals surface area contributed by atoms with Crippen LogP contribution in [0.5, 0.6) is 0 Å². The standard InChI is InChI=1S/C16H23FN2/c1-12-9-15(17)8-7-14(12)11-16(19-18)10-13-5-3-2-4-6-13/h5,7-9,16,19H,2-4,6,10-11,18H2,1H3. The number of halogens is 1. The van der Waals surface area contributed by atoms with Crippen molar-refractivity contribution in [1.82, 2.24) is 5.43 Å². The molecule has 0 spiro atoms. The first-order valence-electron chi connectivity index (χ1n) is 7.08. The molecule has 2 nitrogen and oxygen atoms in total. The third-order valence-corrected chi connectivity index (χ3v) is 3.90. The molecule has 0 fully saturated rings. The summed E-state index contributed by atoms with van der Waals surface area (Å²) in [6.45, 7) is 1.95. The second-order valence-electron chi connectivity index (χ2n) is 5.45. The fourth-order valence-corrected chi connectivity index (χ4v) is 2.75. The van der Waals surface area contributed by atoms with Crippen molar-refractivity contribution in [2.45, 2.75) is 51.5 Å². The quantitative estimate of drug-likeness (QED) is 0.485. The van der Waals surface area contributed by atoms with Gasteiger partial charge in [0.05, 0.1) is 0 Å². The van der Waals surface area contributed by atoms with E-state index in [1.165, 1.54) is 42.9 Å². The summed E-state index contributed by atoms with van der Waals surface area (Å²) in [5.74, 6) is 5.49. The van der Waals surface area contributed by atoms with Crippen LogP contribution >= 0.6 is 0 Å². The summed E-state index contributed by atoms with van der Waals surface area (Å²) in [4.78, 5) is 0. The minimum Gasteiger partial charge on any atom is -0.271 e. The van der Waals surface area contributed by atoms with Gasteiger partial charge in [-0.15, -0.1) is 0 Å². The molecule has 0 heterocycles. The summed E-state index contributed by atoms with van der Waals surface area (Å²) >= 11 is 0. The number of allylic oxidation sites excluding steroid dienone is 1. The molecule has 104 valence electrons. The highest BCUT2D eigenvalue weighted by atomic mass is 19.1. The SMILES string of the molecule is Cc1cc(F)ccc1CC(CC1=CCCCC1)NN. The van der Waals surface area contributed by atoms with Crippen LogP contribution in [0.25, 0.3) is 0 Å². The van der Waals surface area contributed by atoms with Crippen molar-refractivity contribution in [2.75, 3.05) is 0 Å². The third-order valence-electron chi connectivity index (χ3n) is 3.90. The third kappa shape index (κ3) is 4.15. The first-order valence-corrected chi connectivity index (χ1v) is 7.08. The average Bonchev–Trinajstić information content (AvgIpc) is 2.42. The van der Waals surface area contributed by atoms with Crippen molar-refractivity contribution >= 4 is 0 Å². The Morgan fingerprint density at radius 1 is 1.32 bits per heavy atom. The molecule has 1 aliphatic rings. The molecule has 0 aromatic heterocycles. The minimum absolute atomic E-state index is 0.173. The molecule has 1 aromatic carbocycles. The van der Waals surface area contributed by atoms with Gasteiger partial charge < -0.3 is 0 Å². The Hall–Kier alpha value is -1.19. The van der Waals surface area contributed by atoms with Crippen molar-refractivity contribution in [3.05, 3.63) is 46.8 Å². The highest BCUT2D eigenvalue weighted by molar-refractivity contribution is 5.27. The van der Waals surface area contributed by atoms with E-state index < -0.39 is 0 Å². The number of rotatable bonds is 5. The zero-order chi connectivity index (χ0) is 13.7. The van der Waals surface area contributed by atoms with Gasteiger partial charge in [0.25, 0.3) is 0 Å². The molecule has 0 aliphatic heterocycles. The van der Waals surface area contributed by atoms with E-state index in [0.29, 0.717) is 0 Å².